The lowest BCUT2D eigenvalue weighted by molar-refractivity contribution is 0.0106. The van der Waals surface area contributed by atoms with E-state index in [-0.39, 0.29) is 7.43 Å². The first-order chi connectivity index (χ1) is 12.9. The lowest BCUT2D eigenvalue weighted by Crippen LogP contribution is -2.40. The van der Waals surface area contributed by atoms with Crippen LogP contribution in [0.5, 0.6) is 0 Å². The molecule has 1 heteroatoms. The van der Waals surface area contributed by atoms with E-state index in [1.54, 1.807) is 0 Å². The van der Waals surface area contributed by atoms with E-state index in [4.69, 9.17) is 0 Å². The Hall–Kier alpha value is -0.0400. The molecule has 0 saturated heterocycles. The van der Waals surface area contributed by atoms with Gasteiger partial charge in [-0.3, -0.25) is 0 Å². The van der Waals surface area contributed by atoms with Crippen LogP contribution in [0.4, 0.5) is 0 Å². The topological polar surface area (TPSA) is 20.2 Å². The van der Waals surface area contributed by atoms with Gasteiger partial charge in [-0.2, -0.15) is 0 Å². The molecule has 0 aromatic heterocycles. The molecule has 6 atom stereocenters. The van der Waals surface area contributed by atoms with Crippen LogP contribution in [-0.2, 0) is 0 Å². The van der Waals surface area contributed by atoms with Gasteiger partial charge in [0, 0.05) is 6.61 Å². The average Bonchev–Trinajstić information content (AvgIpc) is 2.97. The molecule has 3 fully saturated rings. The van der Waals surface area contributed by atoms with E-state index in [1.807, 2.05) is 0 Å². The molecule has 0 aromatic carbocycles. The Kier molecular flexibility index (Phi) is 8.93. The maximum atomic E-state index is 9.17. The van der Waals surface area contributed by atoms with Gasteiger partial charge in [0.25, 0.3) is 0 Å². The molecule has 3 rings (SSSR count). The molecule has 0 radical (unpaired) electrons. The van der Waals surface area contributed by atoms with Crippen LogP contribution in [0.1, 0.15) is 125 Å². The van der Waals surface area contributed by atoms with Gasteiger partial charge in [-0.1, -0.05) is 73.6 Å². The molecule has 0 aromatic rings. The summed E-state index contributed by atoms with van der Waals surface area (Å²) >= 11 is 0. The Morgan fingerprint density at radius 1 is 0.929 bits per heavy atom. The van der Waals surface area contributed by atoms with Crippen LogP contribution in [0.3, 0.4) is 0 Å². The van der Waals surface area contributed by atoms with E-state index >= 15 is 0 Å². The molecule has 0 amide bonds. The van der Waals surface area contributed by atoms with Crippen molar-refractivity contribution in [3.63, 3.8) is 0 Å². The Morgan fingerprint density at radius 3 is 2.39 bits per heavy atom. The molecule has 28 heavy (non-hydrogen) atoms. The molecule has 0 aliphatic heterocycles. The highest BCUT2D eigenvalue weighted by Crippen LogP contribution is 2.60. The number of hydrogen-bond donors (Lipinski definition) is 1. The lowest BCUT2D eigenvalue weighted by Gasteiger charge is -2.49. The van der Waals surface area contributed by atoms with Crippen LogP contribution >= 0.6 is 0 Å². The molecular formula is C27H52O. The fourth-order valence-corrected chi connectivity index (χ4v) is 8.11. The second-order valence-corrected chi connectivity index (χ2v) is 11.5. The third-order valence-corrected chi connectivity index (χ3v) is 9.71. The molecule has 1 N–H and O–H groups in total. The predicted molar refractivity (Wildman–Crippen MR) is 123 cm³/mol. The minimum atomic E-state index is 0. The summed E-state index contributed by atoms with van der Waals surface area (Å²) < 4.78 is 0. The van der Waals surface area contributed by atoms with Gasteiger partial charge in [0.15, 0.2) is 0 Å². The molecule has 3 aliphatic carbocycles. The fraction of sp³-hybridized carbons (Fsp3) is 1.00. The predicted octanol–water partition coefficient (Wildman–Crippen LogP) is 8.25. The lowest BCUT2D eigenvalue weighted by atomic mass is 9.56. The van der Waals surface area contributed by atoms with E-state index in [2.05, 4.69) is 27.7 Å². The highest BCUT2D eigenvalue weighted by molar-refractivity contribution is 5.01. The zero-order valence-electron chi connectivity index (χ0n) is 18.9. The van der Waals surface area contributed by atoms with E-state index in [9.17, 15) is 5.11 Å². The normalized spacial score (nSPS) is 38.5. The highest BCUT2D eigenvalue weighted by Gasteiger charge is 2.51. The first kappa shape index (κ1) is 24.2. The number of aliphatic hydroxyl groups is 1. The summed E-state index contributed by atoms with van der Waals surface area (Å²) in [5, 5.41) is 9.17. The van der Waals surface area contributed by atoms with Crippen molar-refractivity contribution in [3.8, 4) is 0 Å². The minimum absolute atomic E-state index is 0. The summed E-state index contributed by atoms with van der Waals surface area (Å²) in [6.07, 6.45) is 19.8. The number of fused-ring (bicyclic) bond motifs is 1. The van der Waals surface area contributed by atoms with Gasteiger partial charge in [0.05, 0.1) is 0 Å². The van der Waals surface area contributed by atoms with Gasteiger partial charge >= 0.3 is 0 Å². The van der Waals surface area contributed by atoms with Crippen molar-refractivity contribution in [1.29, 1.82) is 0 Å². The van der Waals surface area contributed by atoms with E-state index in [1.165, 1.54) is 83.5 Å². The molecule has 1 nitrogen and oxygen atoms in total. The van der Waals surface area contributed by atoms with Gasteiger partial charge in [0.1, 0.15) is 0 Å². The minimum Gasteiger partial charge on any atom is -0.396 e. The van der Waals surface area contributed by atoms with Gasteiger partial charge in [-0.25, -0.2) is 0 Å². The number of hydrogen-bond acceptors (Lipinski definition) is 1. The summed E-state index contributed by atoms with van der Waals surface area (Å²) in [7, 11) is 0. The van der Waals surface area contributed by atoms with Crippen molar-refractivity contribution in [2.75, 3.05) is 6.61 Å². The van der Waals surface area contributed by atoms with E-state index in [0.717, 1.165) is 36.0 Å². The number of aliphatic hydroxyl groups excluding tert-OH is 1. The van der Waals surface area contributed by atoms with Crippen molar-refractivity contribution >= 4 is 0 Å². The standard InChI is InChI=1S/C26H48O.CH4/c1-5-20(23-13-6-8-16-25(23,2)3)19-21-11-10-17-26(4)22(12-7-9-18-27)14-15-24(21)26;/h20-24,27H,5-19H2,1-4H3;1H4/t20-,21?,22?,23?,24?,26?;/m0./s1. The third-order valence-electron chi connectivity index (χ3n) is 9.71. The van der Waals surface area contributed by atoms with Crippen molar-refractivity contribution in [3.05, 3.63) is 0 Å². The molecule has 0 bridgehead atoms. The summed E-state index contributed by atoms with van der Waals surface area (Å²) in [5.41, 5.74) is 1.18. The quantitative estimate of drug-likeness (QED) is 0.412. The van der Waals surface area contributed by atoms with Crippen molar-refractivity contribution in [2.45, 2.75) is 125 Å². The first-order valence-electron chi connectivity index (χ1n) is 12.5. The molecule has 0 spiro atoms. The average molecular weight is 393 g/mol. The first-order valence-corrected chi connectivity index (χ1v) is 12.5. The molecule has 3 aliphatic rings. The zero-order valence-corrected chi connectivity index (χ0v) is 18.9. The van der Waals surface area contributed by atoms with Crippen molar-refractivity contribution in [1.82, 2.24) is 0 Å². The van der Waals surface area contributed by atoms with Gasteiger partial charge < -0.3 is 5.11 Å². The van der Waals surface area contributed by atoms with Crippen LogP contribution in [0.15, 0.2) is 0 Å². The molecule has 166 valence electrons. The van der Waals surface area contributed by atoms with Crippen LogP contribution in [0.2, 0.25) is 0 Å². The summed E-state index contributed by atoms with van der Waals surface area (Å²) in [6.45, 7) is 10.6. The Morgan fingerprint density at radius 2 is 1.71 bits per heavy atom. The number of unbranched alkanes of at least 4 members (excludes halogenated alkanes) is 1. The fourth-order valence-electron chi connectivity index (χ4n) is 8.11. The smallest absolute Gasteiger partial charge is 0.0431 e. The maximum absolute atomic E-state index is 9.17. The summed E-state index contributed by atoms with van der Waals surface area (Å²) in [5.74, 6) is 4.84. The summed E-state index contributed by atoms with van der Waals surface area (Å²) in [4.78, 5) is 0. The third kappa shape index (κ3) is 4.98. The van der Waals surface area contributed by atoms with Crippen LogP contribution in [-0.4, -0.2) is 11.7 Å². The summed E-state index contributed by atoms with van der Waals surface area (Å²) in [6, 6.07) is 0. The van der Waals surface area contributed by atoms with Gasteiger partial charge in [-0.15, -0.1) is 0 Å². The maximum Gasteiger partial charge on any atom is 0.0431 e. The second-order valence-electron chi connectivity index (χ2n) is 11.5. The van der Waals surface area contributed by atoms with E-state index in [0.29, 0.717) is 17.4 Å². The Labute approximate surface area is 177 Å². The SMILES string of the molecule is C.CC[C@@H](CC1CCCC2(C)C(CCCCO)CCC12)C1CCCCC1(C)C. The van der Waals surface area contributed by atoms with Gasteiger partial charge in [0.2, 0.25) is 0 Å². The monoisotopic (exact) mass is 392 g/mol. The second kappa shape index (κ2) is 10.3. The Bertz CT molecular complexity index is 455. The Balaban J connectivity index is 0.00000280. The van der Waals surface area contributed by atoms with Crippen LogP contribution < -0.4 is 0 Å². The molecule has 3 saturated carbocycles. The van der Waals surface area contributed by atoms with Crippen molar-refractivity contribution in [2.24, 2.45) is 40.4 Å². The van der Waals surface area contributed by atoms with Crippen molar-refractivity contribution < 1.29 is 5.11 Å². The van der Waals surface area contributed by atoms with Gasteiger partial charge in [-0.05, 0) is 91.8 Å². The highest BCUT2D eigenvalue weighted by atomic mass is 16.2. The van der Waals surface area contributed by atoms with E-state index < -0.39 is 0 Å². The largest absolute Gasteiger partial charge is 0.396 e. The molecule has 5 unspecified atom stereocenters. The van der Waals surface area contributed by atoms with Crippen LogP contribution in [0, 0.1) is 40.4 Å². The number of rotatable bonds is 8. The van der Waals surface area contributed by atoms with Crippen LogP contribution in [0.25, 0.3) is 0 Å². The zero-order chi connectivity index (χ0) is 19.5. The molecule has 0 heterocycles. The molecular weight excluding hydrogens is 340 g/mol.